The first-order valence-electron chi connectivity index (χ1n) is 7.21. The molecule has 3 nitrogen and oxygen atoms in total. The van der Waals surface area contributed by atoms with Gasteiger partial charge in [-0.3, -0.25) is 9.59 Å². The van der Waals surface area contributed by atoms with E-state index in [2.05, 4.69) is 13.8 Å². The maximum Gasteiger partial charge on any atom is 0.308 e. The second-order valence-corrected chi connectivity index (χ2v) is 5.88. The molecule has 0 atom stereocenters. The first-order chi connectivity index (χ1) is 10.3. The van der Waals surface area contributed by atoms with E-state index >= 15 is 0 Å². The first kappa shape index (κ1) is 16.0. The molecular weight excluding hydrogens is 276 g/mol. The van der Waals surface area contributed by atoms with E-state index in [1.165, 1.54) is 6.92 Å². The van der Waals surface area contributed by atoms with E-state index in [4.69, 9.17) is 4.74 Å². The SMILES string of the molecule is CC(=O)Oc1ccc(C(C)(C)c2ccc(C(C)=O)cc2)cc1. The Morgan fingerprint density at radius 1 is 0.818 bits per heavy atom. The Labute approximate surface area is 130 Å². The zero-order valence-electron chi connectivity index (χ0n) is 13.3. The number of rotatable bonds is 4. The summed E-state index contributed by atoms with van der Waals surface area (Å²) in [5, 5.41) is 0. The van der Waals surface area contributed by atoms with Crippen LogP contribution in [0.3, 0.4) is 0 Å². The van der Waals surface area contributed by atoms with Gasteiger partial charge in [0.2, 0.25) is 0 Å². The van der Waals surface area contributed by atoms with Gasteiger partial charge in [-0.1, -0.05) is 50.2 Å². The van der Waals surface area contributed by atoms with Gasteiger partial charge in [0, 0.05) is 17.9 Å². The molecule has 0 bridgehead atoms. The van der Waals surface area contributed by atoms with Crippen LogP contribution in [0.4, 0.5) is 0 Å². The van der Waals surface area contributed by atoms with Crippen molar-refractivity contribution < 1.29 is 14.3 Å². The van der Waals surface area contributed by atoms with Crippen LogP contribution < -0.4 is 4.74 Å². The maximum atomic E-state index is 11.4. The molecule has 0 aliphatic carbocycles. The number of carbonyl (C=O) groups excluding carboxylic acids is 2. The summed E-state index contributed by atoms with van der Waals surface area (Å²) >= 11 is 0. The van der Waals surface area contributed by atoms with E-state index in [-0.39, 0.29) is 17.2 Å². The van der Waals surface area contributed by atoms with Crippen LogP contribution >= 0.6 is 0 Å². The monoisotopic (exact) mass is 296 g/mol. The molecule has 0 fully saturated rings. The quantitative estimate of drug-likeness (QED) is 0.484. The van der Waals surface area contributed by atoms with Crippen molar-refractivity contribution in [3.8, 4) is 5.75 Å². The van der Waals surface area contributed by atoms with Gasteiger partial charge >= 0.3 is 5.97 Å². The predicted molar refractivity (Wildman–Crippen MR) is 86.3 cm³/mol. The van der Waals surface area contributed by atoms with Crippen LogP contribution in [-0.4, -0.2) is 11.8 Å². The van der Waals surface area contributed by atoms with Crippen LogP contribution in [0.2, 0.25) is 0 Å². The molecule has 22 heavy (non-hydrogen) atoms. The van der Waals surface area contributed by atoms with E-state index in [1.807, 2.05) is 36.4 Å². The highest BCUT2D eigenvalue weighted by atomic mass is 16.5. The molecule has 0 amide bonds. The fourth-order valence-electron chi connectivity index (χ4n) is 2.39. The Kier molecular flexibility index (Phi) is 4.45. The summed E-state index contributed by atoms with van der Waals surface area (Å²) < 4.78 is 5.05. The highest BCUT2D eigenvalue weighted by molar-refractivity contribution is 5.94. The van der Waals surface area contributed by atoms with Crippen LogP contribution in [0, 0.1) is 0 Å². The van der Waals surface area contributed by atoms with Gasteiger partial charge in [0.1, 0.15) is 5.75 Å². The van der Waals surface area contributed by atoms with Gasteiger partial charge < -0.3 is 4.74 Å². The number of esters is 1. The number of carbonyl (C=O) groups is 2. The molecule has 0 radical (unpaired) electrons. The number of ether oxygens (including phenoxy) is 1. The number of hydrogen-bond acceptors (Lipinski definition) is 3. The largest absolute Gasteiger partial charge is 0.427 e. The van der Waals surface area contributed by atoms with Gasteiger partial charge in [0.05, 0.1) is 0 Å². The van der Waals surface area contributed by atoms with Gasteiger partial charge in [-0.15, -0.1) is 0 Å². The Bertz CT molecular complexity index is 680. The highest BCUT2D eigenvalue weighted by Gasteiger charge is 2.23. The summed E-state index contributed by atoms with van der Waals surface area (Å²) in [5.74, 6) is 0.279. The van der Waals surface area contributed by atoms with Crippen LogP contribution in [0.15, 0.2) is 48.5 Å². The lowest BCUT2D eigenvalue weighted by atomic mass is 9.78. The summed E-state index contributed by atoms with van der Waals surface area (Å²) in [6.45, 7) is 7.19. The van der Waals surface area contributed by atoms with Crippen molar-refractivity contribution in [2.75, 3.05) is 0 Å². The molecule has 0 spiro atoms. The normalized spacial score (nSPS) is 11.1. The predicted octanol–water partition coefficient (Wildman–Crippen LogP) is 4.14. The molecule has 2 rings (SSSR count). The maximum absolute atomic E-state index is 11.4. The first-order valence-corrected chi connectivity index (χ1v) is 7.21. The van der Waals surface area contributed by atoms with Gasteiger partial charge in [-0.25, -0.2) is 0 Å². The van der Waals surface area contributed by atoms with Gasteiger partial charge in [-0.2, -0.15) is 0 Å². The lowest BCUT2D eigenvalue weighted by molar-refractivity contribution is -0.131. The molecule has 0 aromatic heterocycles. The Balaban J connectivity index is 2.28. The molecule has 0 aliphatic heterocycles. The number of hydrogen-bond donors (Lipinski definition) is 0. The van der Waals surface area contributed by atoms with E-state index in [0.29, 0.717) is 11.3 Å². The smallest absolute Gasteiger partial charge is 0.308 e. The highest BCUT2D eigenvalue weighted by Crippen LogP contribution is 2.32. The summed E-state index contributed by atoms with van der Waals surface area (Å²) in [4.78, 5) is 22.3. The second kappa shape index (κ2) is 6.14. The van der Waals surface area contributed by atoms with E-state index < -0.39 is 0 Å². The molecule has 0 aliphatic rings. The minimum Gasteiger partial charge on any atom is -0.427 e. The third-order valence-electron chi connectivity index (χ3n) is 3.85. The van der Waals surface area contributed by atoms with Crippen molar-refractivity contribution >= 4 is 11.8 Å². The van der Waals surface area contributed by atoms with E-state index in [1.54, 1.807) is 19.1 Å². The Morgan fingerprint density at radius 2 is 1.27 bits per heavy atom. The molecule has 0 saturated carbocycles. The minimum absolute atomic E-state index is 0.0649. The van der Waals surface area contributed by atoms with Gasteiger partial charge in [0.25, 0.3) is 0 Å². The topological polar surface area (TPSA) is 43.4 Å². The molecule has 0 N–H and O–H groups in total. The zero-order chi connectivity index (χ0) is 16.3. The summed E-state index contributed by atoms with van der Waals surface area (Å²) in [5.41, 5.74) is 2.74. The van der Waals surface area contributed by atoms with Crippen molar-refractivity contribution in [2.24, 2.45) is 0 Å². The lowest BCUT2D eigenvalue weighted by Crippen LogP contribution is -2.19. The fraction of sp³-hybridized carbons (Fsp3) is 0.263. The standard InChI is InChI=1S/C19H20O3/c1-13(20)15-5-7-16(8-6-15)19(3,4)17-9-11-18(12-10-17)22-14(2)21/h5-12H,1-4H3. The van der Waals surface area contributed by atoms with Crippen LogP contribution in [0.1, 0.15) is 49.2 Å². The molecule has 2 aromatic rings. The van der Waals surface area contributed by atoms with Crippen LogP contribution in [0.5, 0.6) is 5.75 Å². The number of benzene rings is 2. The summed E-state index contributed by atoms with van der Waals surface area (Å²) in [6.07, 6.45) is 0. The second-order valence-electron chi connectivity index (χ2n) is 5.88. The average molecular weight is 296 g/mol. The van der Waals surface area contributed by atoms with E-state index in [9.17, 15) is 9.59 Å². The van der Waals surface area contributed by atoms with Gasteiger partial charge in [-0.05, 0) is 30.2 Å². The van der Waals surface area contributed by atoms with Crippen molar-refractivity contribution in [1.82, 2.24) is 0 Å². The molecule has 0 unspecified atom stereocenters. The Morgan fingerprint density at radius 3 is 1.68 bits per heavy atom. The Hall–Kier alpha value is -2.42. The third kappa shape index (κ3) is 3.42. The van der Waals surface area contributed by atoms with Crippen LogP contribution in [-0.2, 0) is 10.2 Å². The van der Waals surface area contributed by atoms with E-state index in [0.717, 1.165) is 11.1 Å². The minimum atomic E-state index is -0.327. The molecule has 0 heterocycles. The number of ketones is 1. The summed E-state index contributed by atoms with van der Waals surface area (Å²) in [7, 11) is 0. The fourth-order valence-corrected chi connectivity index (χ4v) is 2.39. The van der Waals surface area contributed by atoms with Gasteiger partial charge in [0.15, 0.2) is 5.78 Å². The molecular formula is C19H20O3. The molecule has 2 aromatic carbocycles. The summed E-state index contributed by atoms with van der Waals surface area (Å²) in [6, 6.07) is 15.2. The van der Waals surface area contributed by atoms with Crippen molar-refractivity contribution in [1.29, 1.82) is 0 Å². The zero-order valence-corrected chi connectivity index (χ0v) is 13.3. The van der Waals surface area contributed by atoms with Crippen molar-refractivity contribution in [3.05, 3.63) is 65.2 Å². The van der Waals surface area contributed by atoms with Crippen molar-refractivity contribution in [3.63, 3.8) is 0 Å². The molecule has 114 valence electrons. The third-order valence-corrected chi connectivity index (χ3v) is 3.85. The number of Topliss-reactive ketones (excluding diaryl/α,β-unsaturated/α-hetero) is 1. The lowest BCUT2D eigenvalue weighted by Gasteiger charge is -2.26. The molecule has 0 saturated heterocycles. The molecule has 3 heteroatoms. The average Bonchev–Trinajstić information content (AvgIpc) is 2.47. The van der Waals surface area contributed by atoms with Crippen LogP contribution in [0.25, 0.3) is 0 Å². The van der Waals surface area contributed by atoms with Crippen molar-refractivity contribution in [2.45, 2.75) is 33.1 Å².